The molecular formula is C9H14N2O2. The van der Waals surface area contributed by atoms with Gasteiger partial charge in [0.15, 0.2) is 0 Å². The fourth-order valence-corrected chi connectivity index (χ4v) is 0.952. The summed E-state index contributed by atoms with van der Waals surface area (Å²) in [5, 5.41) is 5.65. The van der Waals surface area contributed by atoms with Gasteiger partial charge in [0.25, 0.3) is 0 Å². The van der Waals surface area contributed by atoms with Crippen LogP contribution in [0.3, 0.4) is 0 Å². The van der Waals surface area contributed by atoms with Crippen molar-refractivity contribution in [2.75, 3.05) is 13.6 Å². The predicted molar refractivity (Wildman–Crippen MR) is 49.1 cm³/mol. The quantitative estimate of drug-likeness (QED) is 0.652. The zero-order valence-electron chi connectivity index (χ0n) is 7.67. The van der Waals surface area contributed by atoms with E-state index in [1.54, 1.807) is 13.3 Å². The second-order valence-electron chi connectivity index (χ2n) is 2.68. The smallest absolute Gasteiger partial charge is 0.221 e. The first kappa shape index (κ1) is 9.80. The SMILES string of the molecule is CNC(=O)CCNCc1ccco1. The van der Waals surface area contributed by atoms with E-state index in [2.05, 4.69) is 10.6 Å². The first-order chi connectivity index (χ1) is 6.33. The lowest BCUT2D eigenvalue weighted by Gasteiger charge is -2.01. The van der Waals surface area contributed by atoms with E-state index in [1.807, 2.05) is 12.1 Å². The average molecular weight is 182 g/mol. The number of hydrogen-bond donors (Lipinski definition) is 2. The summed E-state index contributed by atoms with van der Waals surface area (Å²) in [6.45, 7) is 1.34. The Morgan fingerprint density at radius 2 is 2.46 bits per heavy atom. The Hall–Kier alpha value is -1.29. The van der Waals surface area contributed by atoms with Crippen molar-refractivity contribution in [3.8, 4) is 0 Å². The highest BCUT2D eigenvalue weighted by atomic mass is 16.3. The van der Waals surface area contributed by atoms with Gasteiger partial charge in [-0.1, -0.05) is 0 Å². The maximum atomic E-state index is 10.8. The molecule has 1 rings (SSSR count). The van der Waals surface area contributed by atoms with Crippen molar-refractivity contribution in [1.82, 2.24) is 10.6 Å². The first-order valence-electron chi connectivity index (χ1n) is 4.26. The molecule has 4 nitrogen and oxygen atoms in total. The van der Waals surface area contributed by atoms with E-state index in [0.717, 1.165) is 5.76 Å². The highest BCUT2D eigenvalue weighted by Gasteiger charge is 1.97. The number of hydrogen-bond acceptors (Lipinski definition) is 3. The fourth-order valence-electron chi connectivity index (χ4n) is 0.952. The lowest BCUT2D eigenvalue weighted by molar-refractivity contribution is -0.120. The van der Waals surface area contributed by atoms with Gasteiger partial charge in [-0.2, -0.15) is 0 Å². The van der Waals surface area contributed by atoms with Gasteiger partial charge in [-0.05, 0) is 12.1 Å². The van der Waals surface area contributed by atoms with Crippen molar-refractivity contribution < 1.29 is 9.21 Å². The van der Waals surface area contributed by atoms with Crippen LogP contribution in [0.5, 0.6) is 0 Å². The topological polar surface area (TPSA) is 54.3 Å². The van der Waals surface area contributed by atoms with Crippen molar-refractivity contribution >= 4 is 5.91 Å². The van der Waals surface area contributed by atoms with Crippen LogP contribution in [0, 0.1) is 0 Å². The maximum Gasteiger partial charge on any atom is 0.221 e. The molecule has 0 aliphatic rings. The summed E-state index contributed by atoms with van der Waals surface area (Å²) in [4.78, 5) is 10.8. The molecule has 0 saturated heterocycles. The van der Waals surface area contributed by atoms with Crippen LogP contribution in [-0.2, 0) is 11.3 Å². The number of nitrogens with one attached hydrogen (secondary N) is 2. The van der Waals surface area contributed by atoms with E-state index in [0.29, 0.717) is 19.5 Å². The number of carbonyl (C=O) groups excluding carboxylic acids is 1. The largest absolute Gasteiger partial charge is 0.468 e. The molecule has 0 aromatic carbocycles. The van der Waals surface area contributed by atoms with Crippen LogP contribution in [0.2, 0.25) is 0 Å². The Labute approximate surface area is 77.3 Å². The van der Waals surface area contributed by atoms with Gasteiger partial charge in [0.1, 0.15) is 5.76 Å². The summed E-state index contributed by atoms with van der Waals surface area (Å²) in [5.74, 6) is 0.934. The van der Waals surface area contributed by atoms with Crippen LogP contribution < -0.4 is 10.6 Å². The van der Waals surface area contributed by atoms with Crippen LogP contribution >= 0.6 is 0 Å². The molecule has 1 heterocycles. The second-order valence-corrected chi connectivity index (χ2v) is 2.68. The van der Waals surface area contributed by atoms with Crippen molar-refractivity contribution in [1.29, 1.82) is 0 Å². The van der Waals surface area contributed by atoms with Crippen LogP contribution in [0.25, 0.3) is 0 Å². The Morgan fingerprint density at radius 3 is 3.08 bits per heavy atom. The van der Waals surface area contributed by atoms with Gasteiger partial charge in [-0.25, -0.2) is 0 Å². The normalized spacial score (nSPS) is 9.92. The number of carbonyl (C=O) groups is 1. The highest BCUT2D eigenvalue weighted by Crippen LogP contribution is 1.97. The molecule has 0 aliphatic carbocycles. The van der Waals surface area contributed by atoms with E-state index < -0.39 is 0 Å². The molecule has 1 aromatic heterocycles. The molecule has 4 heteroatoms. The van der Waals surface area contributed by atoms with Crippen molar-refractivity contribution in [2.24, 2.45) is 0 Å². The second kappa shape index (κ2) is 5.37. The Balaban J connectivity index is 2.05. The molecule has 0 fully saturated rings. The van der Waals surface area contributed by atoms with E-state index in [-0.39, 0.29) is 5.91 Å². The zero-order chi connectivity index (χ0) is 9.52. The van der Waals surface area contributed by atoms with Crippen LogP contribution in [0.4, 0.5) is 0 Å². The third kappa shape index (κ3) is 3.75. The van der Waals surface area contributed by atoms with Crippen LogP contribution in [0.1, 0.15) is 12.2 Å². The maximum absolute atomic E-state index is 10.8. The van der Waals surface area contributed by atoms with Gasteiger partial charge < -0.3 is 15.1 Å². The molecule has 0 bridgehead atoms. The van der Waals surface area contributed by atoms with E-state index in [4.69, 9.17) is 4.42 Å². The molecule has 72 valence electrons. The van der Waals surface area contributed by atoms with E-state index in [1.165, 1.54) is 0 Å². The highest BCUT2D eigenvalue weighted by molar-refractivity contribution is 5.75. The van der Waals surface area contributed by atoms with E-state index in [9.17, 15) is 4.79 Å². The molecule has 1 aromatic rings. The number of amides is 1. The van der Waals surface area contributed by atoms with Crippen molar-refractivity contribution in [2.45, 2.75) is 13.0 Å². The summed E-state index contributed by atoms with van der Waals surface area (Å²) >= 11 is 0. The molecule has 0 saturated carbocycles. The molecule has 0 aliphatic heterocycles. The lowest BCUT2D eigenvalue weighted by Crippen LogP contribution is -2.24. The molecule has 0 unspecified atom stereocenters. The predicted octanol–water partition coefficient (Wildman–Crippen LogP) is 0.505. The zero-order valence-corrected chi connectivity index (χ0v) is 7.67. The van der Waals surface area contributed by atoms with Gasteiger partial charge in [0.2, 0.25) is 5.91 Å². The molecule has 13 heavy (non-hydrogen) atoms. The summed E-state index contributed by atoms with van der Waals surface area (Å²) < 4.78 is 5.10. The summed E-state index contributed by atoms with van der Waals surface area (Å²) in [6.07, 6.45) is 2.13. The Morgan fingerprint density at radius 1 is 1.62 bits per heavy atom. The summed E-state index contributed by atoms with van der Waals surface area (Å²) in [5.41, 5.74) is 0. The van der Waals surface area contributed by atoms with Crippen molar-refractivity contribution in [3.05, 3.63) is 24.2 Å². The van der Waals surface area contributed by atoms with Crippen LogP contribution in [0.15, 0.2) is 22.8 Å². The van der Waals surface area contributed by atoms with Gasteiger partial charge in [-0.15, -0.1) is 0 Å². The molecule has 1 amide bonds. The minimum atomic E-state index is 0.0481. The van der Waals surface area contributed by atoms with Crippen LogP contribution in [-0.4, -0.2) is 19.5 Å². The van der Waals surface area contributed by atoms with Gasteiger partial charge in [0.05, 0.1) is 12.8 Å². The number of rotatable bonds is 5. The minimum absolute atomic E-state index is 0.0481. The third-order valence-corrected chi connectivity index (χ3v) is 1.69. The molecule has 0 radical (unpaired) electrons. The Bertz CT molecular complexity index is 244. The summed E-state index contributed by atoms with van der Waals surface area (Å²) in [6, 6.07) is 3.74. The molecule has 0 atom stereocenters. The fraction of sp³-hybridized carbons (Fsp3) is 0.444. The first-order valence-corrected chi connectivity index (χ1v) is 4.26. The lowest BCUT2D eigenvalue weighted by atomic mass is 10.4. The third-order valence-electron chi connectivity index (χ3n) is 1.69. The van der Waals surface area contributed by atoms with Gasteiger partial charge >= 0.3 is 0 Å². The number of furan rings is 1. The molecule has 2 N–H and O–H groups in total. The van der Waals surface area contributed by atoms with Gasteiger partial charge in [0, 0.05) is 20.0 Å². The molecule has 0 spiro atoms. The monoisotopic (exact) mass is 182 g/mol. The van der Waals surface area contributed by atoms with Crippen molar-refractivity contribution in [3.63, 3.8) is 0 Å². The molecular weight excluding hydrogens is 168 g/mol. The van der Waals surface area contributed by atoms with E-state index >= 15 is 0 Å². The average Bonchev–Trinajstić information content (AvgIpc) is 2.64. The minimum Gasteiger partial charge on any atom is -0.468 e. The van der Waals surface area contributed by atoms with Gasteiger partial charge in [-0.3, -0.25) is 4.79 Å². The summed E-state index contributed by atoms with van der Waals surface area (Å²) in [7, 11) is 1.63. The standard InChI is InChI=1S/C9H14N2O2/c1-10-9(12)4-5-11-7-8-3-2-6-13-8/h2-3,6,11H,4-5,7H2,1H3,(H,10,12). The Kier molecular flexibility index (Phi) is 4.05.